The van der Waals surface area contributed by atoms with E-state index in [9.17, 15) is 9.59 Å². The van der Waals surface area contributed by atoms with E-state index in [1.807, 2.05) is 24.3 Å². The molecule has 0 radical (unpaired) electrons. The van der Waals surface area contributed by atoms with Crippen LogP contribution in [0.15, 0.2) is 47.1 Å². The fourth-order valence-corrected chi connectivity index (χ4v) is 3.11. The maximum Gasteiger partial charge on any atom is 0.323 e. The predicted octanol–water partition coefficient (Wildman–Crippen LogP) is 4.62. The molecule has 0 atom stereocenters. The lowest BCUT2D eigenvalue weighted by atomic mass is 9.79. The second kappa shape index (κ2) is 10.9. The lowest BCUT2D eigenvalue weighted by Gasteiger charge is -2.28. The molecule has 0 unspecified atom stereocenters. The highest BCUT2D eigenvalue weighted by Gasteiger charge is 2.47. The van der Waals surface area contributed by atoms with E-state index in [1.54, 1.807) is 19.9 Å². The van der Waals surface area contributed by atoms with E-state index in [1.165, 1.54) is 0 Å². The van der Waals surface area contributed by atoms with E-state index in [0.29, 0.717) is 12.8 Å². The molecule has 25 heavy (non-hydrogen) atoms. The van der Waals surface area contributed by atoms with Crippen molar-refractivity contribution in [2.45, 2.75) is 39.5 Å². The number of esters is 2. The summed E-state index contributed by atoms with van der Waals surface area (Å²) in [5, 5.41) is 0. The molecule has 0 amide bonds. The summed E-state index contributed by atoms with van der Waals surface area (Å²) < 4.78 is 11.4. The van der Waals surface area contributed by atoms with Crippen molar-refractivity contribution in [2.24, 2.45) is 5.41 Å². The number of hydrogen-bond acceptors (Lipinski definition) is 4. The Hall–Kier alpha value is -1.84. The van der Waals surface area contributed by atoms with Crippen LogP contribution in [0, 0.1) is 5.41 Å². The van der Waals surface area contributed by atoms with Crippen LogP contribution in [0.4, 0.5) is 0 Å². The minimum Gasteiger partial charge on any atom is -0.465 e. The molecule has 0 aliphatic carbocycles. The Balaban J connectivity index is 3.01. The lowest BCUT2D eigenvalue weighted by Crippen LogP contribution is -2.42. The third-order valence-corrected chi connectivity index (χ3v) is 4.71. The van der Waals surface area contributed by atoms with E-state index in [-0.39, 0.29) is 19.6 Å². The summed E-state index contributed by atoms with van der Waals surface area (Å²) in [7, 11) is 0. The molecule has 0 fully saturated rings. The number of carbonyl (C=O) groups is 2. The van der Waals surface area contributed by atoms with Gasteiger partial charge < -0.3 is 9.47 Å². The van der Waals surface area contributed by atoms with E-state index in [0.717, 1.165) is 16.5 Å². The van der Waals surface area contributed by atoms with Gasteiger partial charge in [-0.1, -0.05) is 40.7 Å². The largest absolute Gasteiger partial charge is 0.465 e. The van der Waals surface area contributed by atoms with Crippen molar-refractivity contribution in [3.05, 3.63) is 52.7 Å². The van der Waals surface area contributed by atoms with Gasteiger partial charge in [0.05, 0.1) is 13.2 Å². The standard InChI is InChI=1S/C20H25BrO4/c1-4-7-14-20(18(22)24-5-2,19(23)25-6-3)15-10-12-16-11-8-9-13-17(16)21/h7-9,11,13H,1,5-6,10,12,14-15H2,2-3H3. The number of halogens is 1. The van der Waals surface area contributed by atoms with E-state index < -0.39 is 17.4 Å². The Bertz CT molecular complexity index is 614. The van der Waals surface area contributed by atoms with Gasteiger partial charge in [-0.25, -0.2) is 0 Å². The molecule has 1 rings (SSSR count). The van der Waals surface area contributed by atoms with E-state index in [4.69, 9.17) is 9.47 Å². The summed E-state index contributed by atoms with van der Waals surface area (Å²) in [6.45, 7) is 7.38. The van der Waals surface area contributed by atoms with E-state index >= 15 is 0 Å². The molecule has 0 saturated carbocycles. The molecular weight excluding hydrogens is 384 g/mol. The molecule has 5 heteroatoms. The molecule has 1 aromatic rings. The van der Waals surface area contributed by atoms with Crippen LogP contribution >= 0.6 is 15.9 Å². The highest BCUT2D eigenvalue weighted by Crippen LogP contribution is 2.34. The van der Waals surface area contributed by atoms with Crippen LogP contribution in [0.3, 0.4) is 0 Å². The second-order valence-electron chi connectivity index (χ2n) is 5.58. The number of rotatable bonds is 10. The van der Waals surface area contributed by atoms with Crippen molar-refractivity contribution in [3.8, 4) is 0 Å². The average Bonchev–Trinajstić information content (AvgIpc) is 2.60. The van der Waals surface area contributed by atoms with Gasteiger partial charge in [0, 0.05) is 4.47 Å². The summed E-state index contributed by atoms with van der Waals surface area (Å²) in [6, 6.07) is 7.90. The van der Waals surface area contributed by atoms with Gasteiger partial charge in [-0.15, -0.1) is 5.73 Å². The van der Waals surface area contributed by atoms with Gasteiger partial charge in [-0.05, 0) is 57.2 Å². The summed E-state index contributed by atoms with van der Waals surface area (Å²) in [4.78, 5) is 25.2. The number of allylic oxidation sites excluding steroid dienone is 1. The number of ether oxygens (including phenoxy) is 2. The Morgan fingerprint density at radius 2 is 1.80 bits per heavy atom. The molecule has 0 spiro atoms. The molecule has 0 heterocycles. The highest BCUT2D eigenvalue weighted by molar-refractivity contribution is 9.10. The lowest BCUT2D eigenvalue weighted by molar-refractivity contribution is -0.172. The molecule has 4 nitrogen and oxygen atoms in total. The molecule has 136 valence electrons. The summed E-state index contributed by atoms with van der Waals surface area (Å²) in [6.07, 6.45) is 3.48. The molecule has 0 N–H and O–H groups in total. The molecule has 0 bridgehead atoms. The zero-order chi connectivity index (χ0) is 18.7. The molecule has 0 aromatic heterocycles. The van der Waals surface area contributed by atoms with Crippen LogP contribution in [-0.2, 0) is 25.5 Å². The van der Waals surface area contributed by atoms with Crippen LogP contribution in [0.1, 0.15) is 38.7 Å². The van der Waals surface area contributed by atoms with Crippen molar-refractivity contribution in [1.29, 1.82) is 0 Å². The van der Waals surface area contributed by atoms with E-state index in [2.05, 4.69) is 28.2 Å². The van der Waals surface area contributed by atoms with Gasteiger partial charge in [0.2, 0.25) is 0 Å². The van der Waals surface area contributed by atoms with Crippen molar-refractivity contribution < 1.29 is 19.1 Å². The predicted molar refractivity (Wildman–Crippen MR) is 101 cm³/mol. The second-order valence-corrected chi connectivity index (χ2v) is 6.43. The quantitative estimate of drug-likeness (QED) is 0.322. The van der Waals surface area contributed by atoms with Gasteiger partial charge in [0.15, 0.2) is 5.41 Å². The molecule has 0 saturated heterocycles. The Kier molecular flexibility index (Phi) is 9.25. The number of carbonyl (C=O) groups excluding carboxylic acids is 2. The smallest absolute Gasteiger partial charge is 0.323 e. The topological polar surface area (TPSA) is 52.6 Å². The minimum absolute atomic E-state index is 0.171. The molecular formula is C20H25BrO4. The van der Waals surface area contributed by atoms with Gasteiger partial charge in [-0.2, -0.15) is 0 Å². The minimum atomic E-state index is -1.35. The van der Waals surface area contributed by atoms with Crippen LogP contribution in [0.2, 0.25) is 0 Å². The van der Waals surface area contributed by atoms with Crippen molar-refractivity contribution in [1.82, 2.24) is 0 Å². The number of hydrogen-bond donors (Lipinski definition) is 0. The van der Waals surface area contributed by atoms with Gasteiger partial charge >= 0.3 is 11.9 Å². The van der Waals surface area contributed by atoms with Crippen LogP contribution in [0.5, 0.6) is 0 Å². The van der Waals surface area contributed by atoms with Crippen LogP contribution in [-0.4, -0.2) is 25.2 Å². The Morgan fingerprint density at radius 3 is 2.32 bits per heavy atom. The zero-order valence-corrected chi connectivity index (χ0v) is 16.4. The number of benzene rings is 1. The first-order valence-corrected chi connectivity index (χ1v) is 9.23. The first kappa shape index (κ1) is 21.2. The summed E-state index contributed by atoms with van der Waals surface area (Å²) in [5.74, 6) is -1.10. The third-order valence-electron chi connectivity index (χ3n) is 3.93. The molecule has 0 aliphatic rings. The van der Waals surface area contributed by atoms with Crippen LogP contribution in [0.25, 0.3) is 0 Å². The average molecular weight is 409 g/mol. The normalized spacial score (nSPS) is 10.7. The van der Waals surface area contributed by atoms with Crippen molar-refractivity contribution >= 4 is 27.9 Å². The number of aryl methyl sites for hydroxylation is 1. The zero-order valence-electron chi connectivity index (χ0n) is 14.8. The molecule has 0 aliphatic heterocycles. The maximum absolute atomic E-state index is 12.6. The van der Waals surface area contributed by atoms with Gasteiger partial charge in [0.1, 0.15) is 0 Å². The first-order chi connectivity index (χ1) is 12.0. The van der Waals surface area contributed by atoms with Gasteiger partial charge in [-0.3, -0.25) is 9.59 Å². The third kappa shape index (κ3) is 5.87. The SMILES string of the molecule is C=C=CCC(CCCc1ccccc1Br)(C(=O)OCC)C(=O)OCC. The van der Waals surface area contributed by atoms with Gasteiger partial charge in [0.25, 0.3) is 0 Å². The summed E-state index contributed by atoms with van der Waals surface area (Å²) >= 11 is 3.52. The monoisotopic (exact) mass is 408 g/mol. The van der Waals surface area contributed by atoms with Crippen LogP contribution < -0.4 is 0 Å². The molecule has 1 aromatic carbocycles. The first-order valence-electron chi connectivity index (χ1n) is 8.44. The fourth-order valence-electron chi connectivity index (χ4n) is 2.62. The van der Waals surface area contributed by atoms with Crippen molar-refractivity contribution in [3.63, 3.8) is 0 Å². The Labute approximate surface area is 158 Å². The highest BCUT2D eigenvalue weighted by atomic mass is 79.9. The fraction of sp³-hybridized carbons (Fsp3) is 0.450. The van der Waals surface area contributed by atoms with Crippen molar-refractivity contribution in [2.75, 3.05) is 13.2 Å². The summed E-state index contributed by atoms with van der Waals surface area (Å²) in [5.41, 5.74) is 2.41. The maximum atomic E-state index is 12.6. The Morgan fingerprint density at radius 1 is 1.20 bits per heavy atom.